The molecule has 2 N–H and O–H groups in total. The molecule has 1 aromatic heterocycles. The minimum absolute atomic E-state index is 0.0389. The zero-order valence-corrected chi connectivity index (χ0v) is 14.5. The zero-order valence-electron chi connectivity index (χ0n) is 14.5. The number of aromatic nitrogens is 1. The van der Waals surface area contributed by atoms with Crippen LogP contribution >= 0.6 is 0 Å². The topological polar surface area (TPSA) is 46.4 Å². The molecule has 130 valence electrons. The smallest absolute Gasteiger partial charge is 0.251 e. The van der Waals surface area contributed by atoms with Crippen LogP contribution in [0.1, 0.15) is 48.0 Å². The summed E-state index contributed by atoms with van der Waals surface area (Å²) in [4.78, 5) is 18.2. The number of amides is 1. The highest BCUT2D eigenvalue weighted by atomic mass is 16.1. The maximum absolute atomic E-state index is 12.5. The molecule has 0 aliphatic carbocycles. The van der Waals surface area contributed by atoms with E-state index in [2.05, 4.69) is 40.6 Å². The number of nitrogens with one attached hydrogen (secondary N) is 2. The molecule has 2 aliphatic heterocycles. The van der Waals surface area contributed by atoms with Crippen LogP contribution in [0.15, 0.2) is 54.9 Å². The summed E-state index contributed by atoms with van der Waals surface area (Å²) in [6.07, 6.45) is 9.43. The number of piperidine rings is 2. The van der Waals surface area contributed by atoms with Gasteiger partial charge in [-0.1, -0.05) is 30.3 Å². The number of quaternary nitrogens is 1. The molecule has 1 amide bonds. The lowest BCUT2D eigenvalue weighted by Crippen LogP contribution is -3.20. The van der Waals surface area contributed by atoms with Crippen molar-refractivity contribution in [2.75, 3.05) is 0 Å². The maximum atomic E-state index is 12.5. The average Bonchev–Trinajstić information content (AvgIpc) is 2.64. The maximum Gasteiger partial charge on any atom is 0.251 e. The van der Waals surface area contributed by atoms with Crippen molar-refractivity contribution in [3.8, 4) is 0 Å². The summed E-state index contributed by atoms with van der Waals surface area (Å²) in [7, 11) is 0. The normalized spacial score (nSPS) is 28.3. The Morgan fingerprint density at radius 1 is 1.04 bits per heavy atom. The minimum Gasteiger partial charge on any atom is -0.349 e. The third-order valence-electron chi connectivity index (χ3n) is 5.82. The third kappa shape index (κ3) is 3.74. The van der Waals surface area contributed by atoms with Crippen molar-refractivity contribution >= 4 is 5.91 Å². The van der Waals surface area contributed by atoms with Crippen molar-refractivity contribution in [2.24, 2.45) is 0 Å². The summed E-state index contributed by atoms with van der Waals surface area (Å²) in [6, 6.07) is 16.0. The van der Waals surface area contributed by atoms with Gasteiger partial charge in [-0.05, 0) is 31.4 Å². The Balaban J connectivity index is 1.41. The van der Waals surface area contributed by atoms with Crippen molar-refractivity contribution in [3.63, 3.8) is 0 Å². The molecule has 2 fully saturated rings. The molecule has 2 unspecified atom stereocenters. The summed E-state index contributed by atoms with van der Waals surface area (Å²) in [6.45, 7) is 1.11. The Morgan fingerprint density at radius 2 is 1.72 bits per heavy atom. The van der Waals surface area contributed by atoms with Crippen LogP contribution in [0.5, 0.6) is 0 Å². The van der Waals surface area contributed by atoms with E-state index in [1.807, 2.05) is 0 Å². The summed E-state index contributed by atoms with van der Waals surface area (Å²) in [5.41, 5.74) is 2.13. The van der Waals surface area contributed by atoms with Gasteiger partial charge in [-0.2, -0.15) is 0 Å². The predicted octanol–water partition coefficient (Wildman–Crippen LogP) is 1.98. The molecule has 4 rings (SSSR count). The number of hydrogen-bond donors (Lipinski definition) is 2. The first-order valence-corrected chi connectivity index (χ1v) is 9.40. The monoisotopic (exact) mass is 336 g/mol. The van der Waals surface area contributed by atoms with Gasteiger partial charge in [0.25, 0.3) is 5.91 Å². The average molecular weight is 336 g/mol. The zero-order chi connectivity index (χ0) is 17.1. The van der Waals surface area contributed by atoms with Crippen molar-refractivity contribution < 1.29 is 9.69 Å². The van der Waals surface area contributed by atoms with Gasteiger partial charge in [0, 0.05) is 42.4 Å². The van der Waals surface area contributed by atoms with E-state index in [9.17, 15) is 4.79 Å². The second kappa shape index (κ2) is 7.36. The quantitative estimate of drug-likeness (QED) is 0.897. The minimum atomic E-state index is 0.0389. The predicted molar refractivity (Wildman–Crippen MR) is 97.3 cm³/mol. The van der Waals surface area contributed by atoms with Crippen LogP contribution in [0.25, 0.3) is 0 Å². The number of benzene rings is 1. The second-order valence-corrected chi connectivity index (χ2v) is 7.44. The van der Waals surface area contributed by atoms with Gasteiger partial charge in [-0.3, -0.25) is 9.78 Å². The van der Waals surface area contributed by atoms with Crippen LogP contribution in [0, 0.1) is 0 Å². The van der Waals surface area contributed by atoms with Crippen LogP contribution in [-0.2, 0) is 6.54 Å². The standard InChI is InChI=1S/C21H25N3O/c25-21(17-9-11-22-12-10-17)23-18-13-19-7-4-8-20(14-18)24(19)15-16-5-2-1-3-6-16/h1-3,5-6,9-12,18-20H,4,7-8,13-15H2,(H,23,25)/p+1/t18?,19-,20+. The molecule has 4 heteroatoms. The Labute approximate surface area is 149 Å². The Hall–Kier alpha value is -2.20. The highest BCUT2D eigenvalue weighted by molar-refractivity contribution is 5.94. The van der Waals surface area contributed by atoms with Crippen LogP contribution < -0.4 is 10.2 Å². The summed E-state index contributed by atoms with van der Waals surface area (Å²) in [5, 5.41) is 3.27. The highest BCUT2D eigenvalue weighted by Crippen LogP contribution is 2.23. The van der Waals surface area contributed by atoms with Gasteiger partial charge in [-0.15, -0.1) is 0 Å². The number of rotatable bonds is 4. The van der Waals surface area contributed by atoms with Gasteiger partial charge < -0.3 is 10.2 Å². The Kier molecular flexibility index (Phi) is 4.79. The first-order chi connectivity index (χ1) is 12.3. The Morgan fingerprint density at radius 3 is 2.40 bits per heavy atom. The van der Waals surface area contributed by atoms with E-state index in [4.69, 9.17) is 0 Å². The van der Waals surface area contributed by atoms with E-state index in [0.717, 1.165) is 19.4 Å². The third-order valence-corrected chi connectivity index (χ3v) is 5.82. The van der Waals surface area contributed by atoms with Gasteiger partial charge >= 0.3 is 0 Å². The van der Waals surface area contributed by atoms with Gasteiger partial charge in [0.2, 0.25) is 0 Å². The highest BCUT2D eigenvalue weighted by Gasteiger charge is 2.42. The molecule has 2 aromatic rings. The van der Waals surface area contributed by atoms with Crippen LogP contribution in [-0.4, -0.2) is 29.0 Å². The van der Waals surface area contributed by atoms with Crippen LogP contribution in [0.4, 0.5) is 0 Å². The summed E-state index contributed by atoms with van der Waals surface area (Å²) < 4.78 is 0. The molecule has 4 nitrogen and oxygen atoms in total. The molecular weight excluding hydrogens is 310 g/mol. The fraction of sp³-hybridized carbons (Fsp3) is 0.429. The van der Waals surface area contributed by atoms with E-state index < -0.39 is 0 Å². The Bertz CT molecular complexity index is 690. The lowest BCUT2D eigenvalue weighted by molar-refractivity contribution is -0.973. The van der Waals surface area contributed by atoms with Crippen molar-refractivity contribution in [2.45, 2.75) is 56.8 Å². The fourth-order valence-corrected chi connectivity index (χ4v) is 4.65. The van der Waals surface area contributed by atoms with Crippen molar-refractivity contribution in [3.05, 3.63) is 66.0 Å². The molecule has 4 atom stereocenters. The van der Waals surface area contributed by atoms with E-state index in [1.165, 1.54) is 24.8 Å². The van der Waals surface area contributed by atoms with Gasteiger partial charge in [-0.25, -0.2) is 0 Å². The first-order valence-electron chi connectivity index (χ1n) is 9.40. The number of fused-ring (bicyclic) bond motifs is 2. The molecule has 2 saturated heterocycles. The SMILES string of the molecule is O=C(NC1C[C@H]2CCC[C@@H](C1)[NH+]2Cc1ccccc1)c1ccncc1. The van der Waals surface area contributed by atoms with Crippen molar-refractivity contribution in [1.82, 2.24) is 10.3 Å². The summed E-state index contributed by atoms with van der Waals surface area (Å²) >= 11 is 0. The second-order valence-electron chi connectivity index (χ2n) is 7.44. The van der Waals surface area contributed by atoms with Crippen LogP contribution in [0.2, 0.25) is 0 Å². The number of carbonyl (C=O) groups excluding carboxylic acids is 1. The summed E-state index contributed by atoms with van der Waals surface area (Å²) in [5.74, 6) is 0.0389. The molecule has 0 radical (unpaired) electrons. The number of hydrogen-bond acceptors (Lipinski definition) is 2. The van der Waals surface area contributed by atoms with E-state index in [1.54, 1.807) is 29.4 Å². The van der Waals surface area contributed by atoms with Gasteiger partial charge in [0.15, 0.2) is 0 Å². The van der Waals surface area contributed by atoms with E-state index in [0.29, 0.717) is 23.7 Å². The molecule has 2 aliphatic rings. The molecule has 3 heterocycles. The van der Waals surface area contributed by atoms with Gasteiger partial charge in [0.05, 0.1) is 12.1 Å². The lowest BCUT2D eigenvalue weighted by atomic mass is 9.81. The van der Waals surface area contributed by atoms with Crippen molar-refractivity contribution in [1.29, 1.82) is 0 Å². The molecular formula is C21H26N3O+. The molecule has 2 bridgehead atoms. The number of nitrogens with zero attached hydrogens (tertiary/aromatic N) is 1. The lowest BCUT2D eigenvalue weighted by Gasteiger charge is -2.46. The molecule has 0 saturated carbocycles. The van der Waals surface area contributed by atoms with E-state index >= 15 is 0 Å². The largest absolute Gasteiger partial charge is 0.349 e. The van der Waals surface area contributed by atoms with E-state index in [-0.39, 0.29) is 5.91 Å². The van der Waals surface area contributed by atoms with Crippen LogP contribution in [0.3, 0.4) is 0 Å². The van der Waals surface area contributed by atoms with Gasteiger partial charge in [0.1, 0.15) is 6.54 Å². The molecule has 25 heavy (non-hydrogen) atoms. The first kappa shape index (κ1) is 16.3. The molecule has 0 spiro atoms. The molecule has 1 aromatic carbocycles. The number of pyridine rings is 1. The fourth-order valence-electron chi connectivity index (χ4n) is 4.65. The number of carbonyl (C=O) groups is 1.